The molecule has 0 heterocycles. The predicted molar refractivity (Wildman–Crippen MR) is 91.6 cm³/mol. The van der Waals surface area contributed by atoms with Gasteiger partial charge < -0.3 is 0 Å². The number of rotatable bonds is 4. The summed E-state index contributed by atoms with van der Waals surface area (Å²) in [6, 6.07) is 14.9. The van der Waals surface area contributed by atoms with Gasteiger partial charge in [0.25, 0.3) is 0 Å². The number of aryl methyl sites for hydroxylation is 1. The number of hydrogen-bond donors (Lipinski definition) is 0. The molecule has 0 saturated heterocycles. The highest BCUT2D eigenvalue weighted by atomic mass is 79.9. The molecule has 0 radical (unpaired) electrons. The first-order chi connectivity index (χ1) is 9.47. The molecule has 0 aliphatic heterocycles. The molecule has 106 valence electrons. The zero-order valence-corrected chi connectivity index (χ0v) is 14.5. The third-order valence-electron chi connectivity index (χ3n) is 3.43. The molecular formula is C18H20BrCl. The molecule has 0 aliphatic carbocycles. The van der Waals surface area contributed by atoms with Gasteiger partial charge in [-0.25, -0.2) is 0 Å². The lowest BCUT2D eigenvalue weighted by Gasteiger charge is -2.14. The van der Waals surface area contributed by atoms with Crippen LogP contribution in [0.2, 0.25) is 0 Å². The summed E-state index contributed by atoms with van der Waals surface area (Å²) in [7, 11) is 0. The lowest BCUT2D eigenvalue weighted by molar-refractivity contribution is 0.647. The van der Waals surface area contributed by atoms with Crippen LogP contribution in [0.15, 0.2) is 46.9 Å². The Morgan fingerprint density at radius 3 is 2.30 bits per heavy atom. The molecule has 1 atom stereocenters. The van der Waals surface area contributed by atoms with Crippen LogP contribution in [0.1, 0.15) is 41.5 Å². The van der Waals surface area contributed by atoms with E-state index < -0.39 is 0 Å². The molecule has 2 heteroatoms. The standard InChI is InChI=1S/C18H20BrCl/c1-12(2)10-14-5-7-15(8-6-14)18(20)17-11-16(19)9-4-13(17)3/h4-9,11-12,18H,10H2,1-3H3. The Hall–Kier alpha value is -0.790. The van der Waals surface area contributed by atoms with Crippen molar-refractivity contribution in [2.75, 3.05) is 0 Å². The van der Waals surface area contributed by atoms with Crippen LogP contribution in [-0.4, -0.2) is 0 Å². The summed E-state index contributed by atoms with van der Waals surface area (Å²) in [5.74, 6) is 0.681. The Balaban J connectivity index is 2.24. The largest absolute Gasteiger partial charge is 0.113 e. The lowest BCUT2D eigenvalue weighted by atomic mass is 9.97. The van der Waals surface area contributed by atoms with Crippen LogP contribution in [0.5, 0.6) is 0 Å². The van der Waals surface area contributed by atoms with E-state index in [1.165, 1.54) is 11.1 Å². The van der Waals surface area contributed by atoms with E-state index in [4.69, 9.17) is 11.6 Å². The summed E-state index contributed by atoms with van der Waals surface area (Å²) in [6.07, 6.45) is 1.11. The van der Waals surface area contributed by atoms with Crippen molar-refractivity contribution in [3.05, 3.63) is 69.2 Å². The number of hydrogen-bond acceptors (Lipinski definition) is 0. The predicted octanol–water partition coefficient (Wildman–Crippen LogP) is 6.28. The van der Waals surface area contributed by atoms with Gasteiger partial charge in [-0.1, -0.05) is 60.1 Å². The third kappa shape index (κ3) is 3.86. The second-order valence-electron chi connectivity index (χ2n) is 5.70. The fourth-order valence-corrected chi connectivity index (χ4v) is 3.12. The molecule has 0 bridgehead atoms. The summed E-state index contributed by atoms with van der Waals surface area (Å²) < 4.78 is 1.07. The molecule has 1 unspecified atom stereocenters. The summed E-state index contributed by atoms with van der Waals surface area (Å²) in [4.78, 5) is 0. The SMILES string of the molecule is Cc1ccc(Br)cc1C(Cl)c1ccc(CC(C)C)cc1. The summed E-state index contributed by atoms with van der Waals surface area (Å²) in [5, 5.41) is -0.0967. The van der Waals surface area contributed by atoms with E-state index in [0.29, 0.717) is 5.92 Å². The molecule has 0 aromatic heterocycles. The van der Waals surface area contributed by atoms with E-state index in [0.717, 1.165) is 22.0 Å². The maximum Gasteiger partial charge on any atom is 0.0838 e. The van der Waals surface area contributed by atoms with E-state index in [1.807, 2.05) is 6.07 Å². The van der Waals surface area contributed by atoms with Crippen molar-refractivity contribution >= 4 is 27.5 Å². The minimum atomic E-state index is -0.0967. The molecular weight excluding hydrogens is 332 g/mol. The van der Waals surface area contributed by atoms with Gasteiger partial charge >= 0.3 is 0 Å². The van der Waals surface area contributed by atoms with Gasteiger partial charge in [-0.05, 0) is 53.6 Å². The fourth-order valence-electron chi connectivity index (χ4n) is 2.36. The molecule has 0 spiro atoms. The maximum atomic E-state index is 6.65. The Morgan fingerprint density at radius 1 is 1.05 bits per heavy atom. The van der Waals surface area contributed by atoms with Crippen molar-refractivity contribution in [1.29, 1.82) is 0 Å². The highest BCUT2D eigenvalue weighted by molar-refractivity contribution is 9.10. The number of alkyl halides is 1. The van der Waals surface area contributed by atoms with E-state index in [-0.39, 0.29) is 5.38 Å². The molecule has 2 rings (SSSR count). The van der Waals surface area contributed by atoms with Crippen LogP contribution in [-0.2, 0) is 6.42 Å². The topological polar surface area (TPSA) is 0 Å². The van der Waals surface area contributed by atoms with Crippen LogP contribution in [0.3, 0.4) is 0 Å². The van der Waals surface area contributed by atoms with Crippen molar-refractivity contribution in [1.82, 2.24) is 0 Å². The number of benzene rings is 2. The van der Waals surface area contributed by atoms with Gasteiger partial charge in [0, 0.05) is 4.47 Å². The Morgan fingerprint density at radius 2 is 1.70 bits per heavy atom. The zero-order valence-electron chi connectivity index (χ0n) is 12.2. The van der Waals surface area contributed by atoms with Crippen LogP contribution in [0.4, 0.5) is 0 Å². The molecule has 0 amide bonds. The average Bonchev–Trinajstić information content (AvgIpc) is 2.41. The monoisotopic (exact) mass is 350 g/mol. The number of halogens is 2. The Kier molecular flexibility index (Phi) is 5.29. The zero-order chi connectivity index (χ0) is 14.7. The molecule has 0 N–H and O–H groups in total. The fraction of sp³-hybridized carbons (Fsp3) is 0.333. The van der Waals surface area contributed by atoms with Crippen molar-refractivity contribution in [3.8, 4) is 0 Å². The average molecular weight is 352 g/mol. The van der Waals surface area contributed by atoms with Gasteiger partial charge in [0.05, 0.1) is 5.38 Å². The summed E-state index contributed by atoms with van der Waals surface area (Å²) in [6.45, 7) is 6.58. The van der Waals surface area contributed by atoms with Crippen molar-refractivity contribution < 1.29 is 0 Å². The van der Waals surface area contributed by atoms with Gasteiger partial charge in [0.2, 0.25) is 0 Å². The van der Waals surface area contributed by atoms with E-state index in [9.17, 15) is 0 Å². The van der Waals surface area contributed by atoms with E-state index >= 15 is 0 Å². The van der Waals surface area contributed by atoms with Gasteiger partial charge in [-0.15, -0.1) is 11.6 Å². The molecule has 2 aromatic rings. The van der Waals surface area contributed by atoms with Crippen LogP contribution >= 0.6 is 27.5 Å². The van der Waals surface area contributed by atoms with Crippen molar-refractivity contribution in [2.45, 2.75) is 32.6 Å². The van der Waals surface area contributed by atoms with E-state index in [1.54, 1.807) is 0 Å². The summed E-state index contributed by atoms with van der Waals surface area (Å²) >= 11 is 10.2. The highest BCUT2D eigenvalue weighted by Crippen LogP contribution is 2.32. The quantitative estimate of drug-likeness (QED) is 0.568. The molecule has 0 fully saturated rings. The second-order valence-corrected chi connectivity index (χ2v) is 7.06. The molecule has 2 aromatic carbocycles. The maximum absolute atomic E-state index is 6.65. The minimum absolute atomic E-state index is 0.0967. The van der Waals surface area contributed by atoms with Crippen LogP contribution in [0.25, 0.3) is 0 Å². The van der Waals surface area contributed by atoms with Crippen LogP contribution in [0, 0.1) is 12.8 Å². The van der Waals surface area contributed by atoms with Gasteiger partial charge in [0.15, 0.2) is 0 Å². The molecule has 20 heavy (non-hydrogen) atoms. The normalized spacial score (nSPS) is 12.7. The third-order valence-corrected chi connectivity index (χ3v) is 4.41. The smallest absolute Gasteiger partial charge is 0.0838 e. The molecule has 0 nitrogen and oxygen atoms in total. The second kappa shape index (κ2) is 6.78. The van der Waals surface area contributed by atoms with Crippen LogP contribution < -0.4 is 0 Å². The van der Waals surface area contributed by atoms with Gasteiger partial charge in [-0.2, -0.15) is 0 Å². The van der Waals surface area contributed by atoms with Crippen molar-refractivity contribution in [3.63, 3.8) is 0 Å². The van der Waals surface area contributed by atoms with Gasteiger partial charge in [0.1, 0.15) is 0 Å². The first-order valence-corrected chi connectivity index (χ1v) is 8.19. The molecule has 0 saturated carbocycles. The van der Waals surface area contributed by atoms with E-state index in [2.05, 4.69) is 73.1 Å². The van der Waals surface area contributed by atoms with Gasteiger partial charge in [-0.3, -0.25) is 0 Å². The Labute approximate surface area is 135 Å². The minimum Gasteiger partial charge on any atom is -0.113 e. The lowest BCUT2D eigenvalue weighted by Crippen LogP contribution is -1.98. The first kappa shape index (κ1) is 15.6. The Bertz CT molecular complexity index is 572. The van der Waals surface area contributed by atoms with Crippen molar-refractivity contribution in [2.24, 2.45) is 5.92 Å². The first-order valence-electron chi connectivity index (χ1n) is 6.96. The highest BCUT2D eigenvalue weighted by Gasteiger charge is 2.13. The summed E-state index contributed by atoms with van der Waals surface area (Å²) in [5.41, 5.74) is 4.91. The molecule has 0 aliphatic rings.